The number of benzene rings is 2. The van der Waals surface area contributed by atoms with Gasteiger partial charge in [-0.15, -0.1) is 5.01 Å². The minimum atomic E-state index is -4.72. The summed E-state index contributed by atoms with van der Waals surface area (Å²) in [6.07, 6.45) is -9.61. The van der Waals surface area contributed by atoms with Crippen molar-refractivity contribution in [2.75, 3.05) is 13.1 Å². The summed E-state index contributed by atoms with van der Waals surface area (Å²) in [6, 6.07) is 12.3. The van der Waals surface area contributed by atoms with E-state index in [1.165, 1.54) is 19.1 Å². The van der Waals surface area contributed by atoms with Crippen LogP contribution >= 0.6 is 0 Å². The summed E-state index contributed by atoms with van der Waals surface area (Å²) < 4.78 is 83.2. The fourth-order valence-electron chi connectivity index (χ4n) is 3.92. The summed E-state index contributed by atoms with van der Waals surface area (Å²) >= 11 is 0. The van der Waals surface area contributed by atoms with E-state index in [0.29, 0.717) is 5.56 Å². The molecule has 0 aliphatic carbocycles. The number of halogens is 3. The number of rotatable bonds is 10. The van der Waals surface area contributed by atoms with Gasteiger partial charge in [-0.05, 0) is 51.1 Å². The van der Waals surface area contributed by atoms with E-state index in [1.54, 1.807) is 42.8 Å². The molecular formula is C27H29F3N6O9S. The molecule has 0 saturated carbocycles. The van der Waals surface area contributed by atoms with E-state index in [2.05, 4.69) is 10.4 Å². The Morgan fingerprint density at radius 1 is 1.07 bits per heavy atom. The highest BCUT2D eigenvalue weighted by molar-refractivity contribution is 7.90. The van der Waals surface area contributed by atoms with Gasteiger partial charge in [0.15, 0.2) is 5.69 Å². The molecule has 0 radical (unpaired) electrons. The number of carbonyl (C=O) groups is 2. The third-order valence-electron chi connectivity index (χ3n) is 6.16. The minimum Gasteiger partial charge on any atom is -0.569 e. The highest BCUT2D eigenvalue weighted by atomic mass is 32.2. The van der Waals surface area contributed by atoms with Gasteiger partial charge in [0.05, 0.1) is 27.4 Å². The molecule has 1 aromatic heterocycles. The first-order valence-corrected chi connectivity index (χ1v) is 15.0. The van der Waals surface area contributed by atoms with Crippen LogP contribution in [0.1, 0.15) is 32.0 Å². The van der Waals surface area contributed by atoms with Crippen molar-refractivity contribution in [1.29, 1.82) is 0 Å². The van der Waals surface area contributed by atoms with Gasteiger partial charge in [-0.3, -0.25) is 4.84 Å². The molecule has 46 heavy (non-hydrogen) atoms. The van der Waals surface area contributed by atoms with Crippen molar-refractivity contribution in [3.63, 3.8) is 0 Å². The van der Waals surface area contributed by atoms with E-state index in [9.17, 15) is 36.4 Å². The first-order chi connectivity index (χ1) is 21.5. The Balaban J connectivity index is 1.34. The molecule has 2 heterocycles. The predicted octanol–water partition coefficient (Wildman–Crippen LogP) is 4.68. The Morgan fingerprint density at radius 2 is 1.70 bits per heavy atom. The first kappa shape index (κ1) is 33.8. The number of aromatic nitrogens is 2. The van der Waals surface area contributed by atoms with Gasteiger partial charge in [-0.1, -0.05) is 29.8 Å². The topological polar surface area (TPSA) is 177 Å². The molecule has 1 aliphatic rings. The average molecular weight is 671 g/mol. The molecule has 1 saturated heterocycles. The maximum Gasteiger partial charge on any atom is 0.511 e. The second-order valence-corrected chi connectivity index (χ2v) is 11.9. The number of hydrogen-bond donors (Lipinski definition) is 1. The number of sulfonamides is 1. The summed E-state index contributed by atoms with van der Waals surface area (Å²) in [5.74, 6) is 0. The normalized spacial score (nSPS) is 14.8. The largest absolute Gasteiger partial charge is 0.569 e. The monoisotopic (exact) mass is 670 g/mol. The molecule has 0 bridgehead atoms. The number of carbonyl (C=O) groups excluding carboxylic acids is 2. The summed E-state index contributed by atoms with van der Waals surface area (Å²) in [6.45, 7) is 6.03. The highest BCUT2D eigenvalue weighted by Gasteiger charge is 2.38. The zero-order valence-corrected chi connectivity index (χ0v) is 25.6. The van der Waals surface area contributed by atoms with Gasteiger partial charge in [0.1, 0.15) is 19.2 Å². The molecule has 4 rings (SSSR count). The molecule has 1 unspecified atom stereocenters. The van der Waals surface area contributed by atoms with Crippen molar-refractivity contribution in [1.82, 2.24) is 19.5 Å². The van der Waals surface area contributed by atoms with E-state index in [4.69, 9.17) is 19.0 Å². The number of ether oxygens (including phenoxy) is 3. The van der Waals surface area contributed by atoms with Gasteiger partial charge in [0, 0.05) is 12.5 Å². The predicted molar refractivity (Wildman–Crippen MR) is 150 cm³/mol. The van der Waals surface area contributed by atoms with E-state index in [1.807, 2.05) is 6.92 Å². The van der Waals surface area contributed by atoms with Crippen LogP contribution in [0, 0.1) is 12.1 Å². The number of nitrogens with zero attached hydrogens (tertiary/aromatic N) is 5. The van der Waals surface area contributed by atoms with Gasteiger partial charge >= 0.3 is 18.4 Å². The van der Waals surface area contributed by atoms with Crippen molar-refractivity contribution in [2.24, 2.45) is 5.28 Å². The summed E-state index contributed by atoms with van der Waals surface area (Å²) in [5.41, 5.74) is 0.489. The van der Waals surface area contributed by atoms with Crippen LogP contribution in [0.2, 0.25) is 0 Å². The van der Waals surface area contributed by atoms with Gasteiger partial charge < -0.3 is 19.4 Å². The number of alkyl halides is 3. The summed E-state index contributed by atoms with van der Waals surface area (Å²) in [4.78, 5) is 28.1. The zero-order chi connectivity index (χ0) is 33.8. The second-order valence-electron chi connectivity index (χ2n) is 10.2. The average Bonchev–Trinajstić information content (AvgIpc) is 3.39. The quantitative estimate of drug-likeness (QED) is 0.104. The lowest BCUT2D eigenvalue weighted by atomic mass is 10.1. The number of nitrogens with one attached hydrogen (secondary N) is 1. The fourth-order valence-corrected chi connectivity index (χ4v) is 4.80. The number of hydrazine groups is 1. The SMILES string of the molecule is Cc1ccc(-c2cc(C(F)(F)F)nn2-c2ccc(S(=O)(=O)NC(=O)OC3CN(/[N+]([O-])=N\OC(C)OC(=O)OC(C)C)C3)cc2)cc1. The molecule has 2 aromatic carbocycles. The Kier molecular flexibility index (Phi) is 9.93. The van der Waals surface area contributed by atoms with Gasteiger partial charge in [0.25, 0.3) is 16.3 Å². The Bertz CT molecular complexity index is 1690. The molecule has 19 heteroatoms. The lowest BCUT2D eigenvalue weighted by Crippen LogP contribution is -2.56. The standard InChI is InChI=1S/C27H29F3N6O9S/c1-16(2)42-26(38)43-18(4)45-33-36(39)34-14-21(15-34)44-25(37)32-46(40,41)22-11-9-20(10-12-22)35-23(13-24(31-35)27(28,29)30)19-7-5-17(3)6-8-19/h5-13,16,18,21H,14-15H2,1-4H3,(H,32,37)/b36-33+. The van der Waals surface area contributed by atoms with Crippen LogP contribution in [-0.2, 0) is 35.2 Å². The molecule has 3 aromatic rings. The number of aryl methyl sites for hydroxylation is 1. The third kappa shape index (κ3) is 8.55. The molecule has 1 amide bonds. The molecule has 1 N–H and O–H groups in total. The van der Waals surface area contributed by atoms with Crippen LogP contribution in [-0.4, -0.2) is 72.0 Å². The van der Waals surface area contributed by atoms with Crippen LogP contribution in [0.25, 0.3) is 16.9 Å². The van der Waals surface area contributed by atoms with Crippen LogP contribution in [0.3, 0.4) is 0 Å². The molecular weight excluding hydrogens is 641 g/mol. The Hall–Kier alpha value is -5.07. The molecule has 1 fully saturated rings. The Morgan fingerprint density at radius 3 is 2.28 bits per heavy atom. The maximum atomic E-state index is 13.5. The maximum absolute atomic E-state index is 13.5. The Labute approximate surface area is 260 Å². The zero-order valence-electron chi connectivity index (χ0n) is 24.8. The van der Waals surface area contributed by atoms with Crippen molar-refractivity contribution in [3.05, 3.63) is 71.1 Å². The van der Waals surface area contributed by atoms with Crippen molar-refractivity contribution in [3.8, 4) is 16.9 Å². The number of amides is 1. The minimum absolute atomic E-state index is 0.0330. The third-order valence-corrected chi connectivity index (χ3v) is 7.49. The lowest BCUT2D eigenvalue weighted by molar-refractivity contribution is -0.728. The highest BCUT2D eigenvalue weighted by Crippen LogP contribution is 2.33. The van der Waals surface area contributed by atoms with Crippen LogP contribution in [0.15, 0.2) is 64.8 Å². The second kappa shape index (κ2) is 13.5. The van der Waals surface area contributed by atoms with Gasteiger partial charge in [-0.25, -0.2) is 27.4 Å². The fraction of sp³-hybridized carbons (Fsp3) is 0.370. The van der Waals surface area contributed by atoms with Gasteiger partial charge in [-0.2, -0.15) is 18.3 Å². The van der Waals surface area contributed by atoms with E-state index < -0.39 is 52.6 Å². The molecule has 248 valence electrons. The first-order valence-electron chi connectivity index (χ1n) is 13.6. The van der Waals surface area contributed by atoms with E-state index in [-0.39, 0.29) is 34.3 Å². The summed E-state index contributed by atoms with van der Waals surface area (Å²) in [5, 5.41) is 19.9. The van der Waals surface area contributed by atoms with Crippen LogP contribution in [0.4, 0.5) is 22.8 Å². The van der Waals surface area contributed by atoms with Gasteiger partial charge in [0.2, 0.25) is 5.28 Å². The molecule has 1 aliphatic heterocycles. The lowest BCUT2D eigenvalue weighted by Gasteiger charge is -2.33. The molecule has 0 spiro atoms. The smallest absolute Gasteiger partial charge is 0.511 e. The van der Waals surface area contributed by atoms with Crippen molar-refractivity contribution >= 4 is 22.3 Å². The summed E-state index contributed by atoms with van der Waals surface area (Å²) in [7, 11) is -4.45. The number of hydrogen-bond acceptors (Lipinski definition) is 11. The van der Waals surface area contributed by atoms with Crippen LogP contribution < -0.4 is 4.72 Å². The van der Waals surface area contributed by atoms with Crippen LogP contribution in [0.5, 0.6) is 0 Å². The molecule has 15 nitrogen and oxygen atoms in total. The van der Waals surface area contributed by atoms with Crippen molar-refractivity contribution < 1.29 is 55.2 Å². The molecule has 1 atom stereocenters. The van der Waals surface area contributed by atoms with E-state index >= 15 is 0 Å². The van der Waals surface area contributed by atoms with Crippen molar-refractivity contribution in [2.45, 2.75) is 57.3 Å². The van der Waals surface area contributed by atoms with E-state index in [0.717, 1.165) is 33.5 Å².